The predicted octanol–water partition coefficient (Wildman–Crippen LogP) is 1.67. The summed E-state index contributed by atoms with van der Waals surface area (Å²) in [5, 5.41) is 0. The molecule has 1 N–H and O–H groups in total. The van der Waals surface area contributed by atoms with Crippen LogP contribution < -0.4 is 4.72 Å². The van der Waals surface area contributed by atoms with E-state index in [0.29, 0.717) is 0 Å². The first-order chi connectivity index (χ1) is 6.81. The van der Waals surface area contributed by atoms with Gasteiger partial charge in [0, 0.05) is 6.92 Å². The highest BCUT2D eigenvalue weighted by Gasteiger charge is 2.05. The molecule has 5 heteroatoms. The molecule has 0 aromatic heterocycles. The summed E-state index contributed by atoms with van der Waals surface area (Å²) in [4.78, 5) is 9.97. The topological polar surface area (TPSA) is 63.2 Å². The molecule has 1 amide bonds. The molecule has 0 heterocycles. The lowest BCUT2D eigenvalue weighted by Gasteiger charge is -2.15. The molecular weight excluding hydrogens is 214 g/mol. The van der Waals surface area contributed by atoms with Crippen molar-refractivity contribution in [2.45, 2.75) is 46.0 Å². The van der Waals surface area contributed by atoms with E-state index >= 15 is 0 Å². The van der Waals surface area contributed by atoms with Gasteiger partial charge >= 0.3 is 0 Å². The molecule has 1 aliphatic rings. The third-order valence-corrected chi connectivity index (χ3v) is 2.88. The summed E-state index contributed by atoms with van der Waals surface area (Å²) >= 11 is 0. The molecule has 90 valence electrons. The lowest BCUT2D eigenvalue weighted by Crippen LogP contribution is -2.26. The van der Waals surface area contributed by atoms with E-state index < -0.39 is 15.9 Å². The van der Waals surface area contributed by atoms with Crippen LogP contribution in [-0.2, 0) is 14.8 Å². The van der Waals surface area contributed by atoms with E-state index in [9.17, 15) is 13.2 Å². The number of hydrogen-bond donors (Lipinski definition) is 1. The molecule has 0 atom stereocenters. The minimum Gasteiger partial charge on any atom is -0.274 e. The smallest absolute Gasteiger partial charge is 0.231 e. The highest BCUT2D eigenvalue weighted by molar-refractivity contribution is 7.89. The van der Waals surface area contributed by atoms with Crippen molar-refractivity contribution in [3.05, 3.63) is 0 Å². The van der Waals surface area contributed by atoms with E-state index in [0.717, 1.165) is 19.1 Å². The molecule has 0 aliphatic heterocycles. The Kier molecular flexibility index (Phi) is 6.56. The van der Waals surface area contributed by atoms with E-state index in [1.165, 1.54) is 32.1 Å². The number of nitrogens with one attached hydrogen (secondary N) is 1. The second-order valence-electron chi connectivity index (χ2n) is 4.17. The minimum atomic E-state index is -3.32. The summed E-state index contributed by atoms with van der Waals surface area (Å²) in [6.45, 7) is 3.50. The average Bonchev–Trinajstić information content (AvgIpc) is 2.01. The second kappa shape index (κ2) is 6.82. The molecule has 0 unspecified atom stereocenters. The number of hydrogen-bond acceptors (Lipinski definition) is 3. The fourth-order valence-corrected chi connectivity index (χ4v) is 2.09. The van der Waals surface area contributed by atoms with Crippen molar-refractivity contribution in [2.75, 3.05) is 6.26 Å². The van der Waals surface area contributed by atoms with Crippen LogP contribution in [0.25, 0.3) is 0 Å². The van der Waals surface area contributed by atoms with Crippen LogP contribution in [0.5, 0.6) is 0 Å². The van der Waals surface area contributed by atoms with Gasteiger partial charge in [0.05, 0.1) is 6.26 Å². The summed E-state index contributed by atoms with van der Waals surface area (Å²) in [7, 11) is -3.32. The Balaban J connectivity index is 0.000000262. The fourth-order valence-electron chi connectivity index (χ4n) is 1.57. The van der Waals surface area contributed by atoms with Gasteiger partial charge in [-0.25, -0.2) is 8.42 Å². The van der Waals surface area contributed by atoms with Crippen LogP contribution >= 0.6 is 0 Å². The molecule has 1 saturated carbocycles. The molecule has 15 heavy (non-hydrogen) atoms. The van der Waals surface area contributed by atoms with Crippen molar-refractivity contribution in [1.29, 1.82) is 0 Å². The standard InChI is InChI=1S/C7H14.C3H7NO3S/c1-7-5-3-2-4-6-7;1-3(5)4-8(2,6)7/h7H,2-6H2,1H3;1-2H3,(H,4,5). The van der Waals surface area contributed by atoms with Gasteiger partial charge in [-0.15, -0.1) is 0 Å². The first-order valence-corrected chi connectivity index (χ1v) is 7.19. The van der Waals surface area contributed by atoms with Gasteiger partial charge in [-0.05, 0) is 5.92 Å². The molecule has 1 aliphatic carbocycles. The van der Waals surface area contributed by atoms with Crippen LogP contribution in [0.4, 0.5) is 0 Å². The predicted molar refractivity (Wildman–Crippen MR) is 60.9 cm³/mol. The zero-order chi connectivity index (χ0) is 11.9. The Bertz CT molecular complexity index is 279. The summed E-state index contributed by atoms with van der Waals surface area (Å²) in [6, 6.07) is 0. The van der Waals surface area contributed by atoms with Crippen LogP contribution in [0.15, 0.2) is 0 Å². The zero-order valence-corrected chi connectivity index (χ0v) is 10.6. The first kappa shape index (κ1) is 14.4. The van der Waals surface area contributed by atoms with Gasteiger partial charge in [-0.2, -0.15) is 0 Å². The maximum atomic E-state index is 10.1. The molecule has 1 rings (SSSR count). The quantitative estimate of drug-likeness (QED) is 0.752. The molecular formula is C10H21NO3S. The van der Waals surface area contributed by atoms with Crippen LogP contribution in [0, 0.1) is 5.92 Å². The number of carbonyl (C=O) groups excluding carboxylic acids is 1. The normalized spacial score (nSPS) is 17.5. The fraction of sp³-hybridized carbons (Fsp3) is 0.900. The Hall–Kier alpha value is -0.580. The van der Waals surface area contributed by atoms with Gasteiger partial charge in [0.2, 0.25) is 15.9 Å². The maximum absolute atomic E-state index is 10.1. The van der Waals surface area contributed by atoms with Gasteiger partial charge in [0.25, 0.3) is 0 Å². The van der Waals surface area contributed by atoms with Gasteiger partial charge < -0.3 is 0 Å². The first-order valence-electron chi connectivity index (χ1n) is 5.29. The van der Waals surface area contributed by atoms with Gasteiger partial charge in [-0.1, -0.05) is 39.0 Å². The third-order valence-electron chi connectivity index (χ3n) is 2.22. The minimum absolute atomic E-state index is 0.562. The van der Waals surface area contributed by atoms with Crippen LogP contribution in [-0.4, -0.2) is 20.6 Å². The molecule has 4 nitrogen and oxygen atoms in total. The second-order valence-corrected chi connectivity index (χ2v) is 5.92. The highest BCUT2D eigenvalue weighted by Crippen LogP contribution is 2.22. The molecule has 0 saturated heterocycles. The monoisotopic (exact) mass is 235 g/mol. The van der Waals surface area contributed by atoms with E-state index in [-0.39, 0.29) is 0 Å². The van der Waals surface area contributed by atoms with Crippen molar-refractivity contribution >= 4 is 15.9 Å². The van der Waals surface area contributed by atoms with Crippen molar-refractivity contribution in [1.82, 2.24) is 4.72 Å². The molecule has 0 radical (unpaired) electrons. The summed E-state index contributed by atoms with van der Waals surface area (Å²) in [5.74, 6) is 0.473. The summed E-state index contributed by atoms with van der Waals surface area (Å²) in [6.07, 6.45) is 8.36. The SMILES string of the molecule is CC(=O)NS(C)(=O)=O.CC1CCCCC1. The Morgan fingerprint density at radius 1 is 1.20 bits per heavy atom. The molecule has 0 aromatic rings. The molecule has 1 fully saturated rings. The number of sulfonamides is 1. The van der Waals surface area contributed by atoms with Crippen LogP contribution in [0.3, 0.4) is 0 Å². The maximum Gasteiger partial charge on any atom is 0.231 e. The third kappa shape index (κ3) is 11.3. The average molecular weight is 235 g/mol. The number of amides is 1. The van der Waals surface area contributed by atoms with Crippen LogP contribution in [0.2, 0.25) is 0 Å². The summed E-state index contributed by atoms with van der Waals surface area (Å²) in [5.41, 5.74) is 0. The van der Waals surface area contributed by atoms with Crippen molar-refractivity contribution < 1.29 is 13.2 Å². The van der Waals surface area contributed by atoms with Crippen molar-refractivity contribution in [3.63, 3.8) is 0 Å². The van der Waals surface area contributed by atoms with Crippen molar-refractivity contribution in [3.8, 4) is 0 Å². The Morgan fingerprint density at radius 2 is 1.67 bits per heavy atom. The molecule has 0 aromatic carbocycles. The Labute approximate surface area is 92.5 Å². The van der Waals surface area contributed by atoms with E-state index in [2.05, 4.69) is 6.92 Å². The summed E-state index contributed by atoms with van der Waals surface area (Å²) < 4.78 is 21.9. The van der Waals surface area contributed by atoms with Gasteiger partial charge in [0.1, 0.15) is 0 Å². The zero-order valence-electron chi connectivity index (χ0n) is 9.75. The van der Waals surface area contributed by atoms with Gasteiger partial charge in [-0.3, -0.25) is 9.52 Å². The van der Waals surface area contributed by atoms with E-state index in [1.807, 2.05) is 0 Å². The lowest BCUT2D eigenvalue weighted by atomic mass is 9.91. The van der Waals surface area contributed by atoms with E-state index in [1.54, 1.807) is 4.72 Å². The van der Waals surface area contributed by atoms with Gasteiger partial charge in [0.15, 0.2) is 0 Å². The van der Waals surface area contributed by atoms with Crippen molar-refractivity contribution in [2.24, 2.45) is 5.92 Å². The van der Waals surface area contributed by atoms with Crippen LogP contribution in [0.1, 0.15) is 46.0 Å². The largest absolute Gasteiger partial charge is 0.274 e. The Morgan fingerprint density at radius 3 is 1.80 bits per heavy atom. The molecule has 0 spiro atoms. The number of carbonyl (C=O) groups is 1. The highest BCUT2D eigenvalue weighted by atomic mass is 32.2. The van der Waals surface area contributed by atoms with E-state index in [4.69, 9.17) is 0 Å². The lowest BCUT2D eigenvalue weighted by molar-refractivity contribution is -0.117. The number of rotatable bonds is 1. The molecule has 0 bridgehead atoms.